The Balaban J connectivity index is 1.81. The van der Waals surface area contributed by atoms with Crippen LogP contribution in [0.5, 0.6) is 5.75 Å². The van der Waals surface area contributed by atoms with Crippen molar-refractivity contribution in [3.8, 4) is 5.75 Å². The van der Waals surface area contributed by atoms with E-state index in [4.69, 9.17) is 22.1 Å². The van der Waals surface area contributed by atoms with Gasteiger partial charge in [-0.2, -0.15) is 0 Å². The quantitative estimate of drug-likeness (QED) is 0.817. The van der Waals surface area contributed by atoms with Crippen LogP contribution in [0.2, 0.25) is 5.02 Å². The van der Waals surface area contributed by atoms with Gasteiger partial charge in [0.25, 0.3) is 0 Å². The molecule has 1 aliphatic heterocycles. The number of carbonyl (C=O) groups excluding carboxylic acids is 1. The molecule has 0 unspecified atom stereocenters. The highest BCUT2D eigenvalue weighted by atomic mass is 35.5. The highest BCUT2D eigenvalue weighted by Crippen LogP contribution is 2.38. The van der Waals surface area contributed by atoms with Crippen LogP contribution in [0.4, 0.5) is 17.1 Å². The predicted molar refractivity (Wildman–Crippen MR) is 103 cm³/mol. The lowest BCUT2D eigenvalue weighted by molar-refractivity contribution is -0.115. The van der Waals surface area contributed by atoms with Crippen molar-refractivity contribution in [1.29, 1.82) is 0 Å². The van der Waals surface area contributed by atoms with Crippen LogP contribution in [0.25, 0.3) is 0 Å². The Morgan fingerprint density at radius 1 is 1.36 bits per heavy atom. The number of benzene rings is 2. The van der Waals surface area contributed by atoms with Crippen molar-refractivity contribution in [1.82, 2.24) is 0 Å². The molecule has 3 N–H and O–H groups in total. The lowest BCUT2D eigenvalue weighted by Gasteiger charge is -2.40. The molecule has 25 heavy (non-hydrogen) atoms. The topological polar surface area (TPSA) is 67.6 Å². The Labute approximate surface area is 152 Å². The number of carbonyl (C=O) groups is 1. The van der Waals surface area contributed by atoms with Crippen LogP contribution in [-0.4, -0.2) is 24.6 Å². The van der Waals surface area contributed by atoms with Crippen LogP contribution in [-0.2, 0) is 4.79 Å². The van der Waals surface area contributed by atoms with Gasteiger partial charge in [0.05, 0.1) is 18.8 Å². The molecule has 3 rings (SSSR count). The summed E-state index contributed by atoms with van der Waals surface area (Å²) in [6, 6.07) is 10.9. The molecular formula is C19H22ClN3O2. The van der Waals surface area contributed by atoms with E-state index in [1.807, 2.05) is 49.9 Å². The minimum absolute atomic E-state index is 0.114. The number of fused-ring (bicyclic) bond motifs is 1. The van der Waals surface area contributed by atoms with E-state index >= 15 is 0 Å². The largest absolute Gasteiger partial charge is 0.484 e. The average molecular weight is 360 g/mol. The summed E-state index contributed by atoms with van der Waals surface area (Å²) in [4.78, 5) is 14.6. The summed E-state index contributed by atoms with van der Waals surface area (Å²) in [5.74, 6) is 0.619. The summed E-state index contributed by atoms with van der Waals surface area (Å²) in [6.07, 6.45) is 0. The number of ether oxygens (including phenoxy) is 1. The minimum Gasteiger partial charge on any atom is -0.484 e. The number of anilines is 3. The molecule has 5 nitrogen and oxygen atoms in total. The second-order valence-electron chi connectivity index (χ2n) is 6.91. The number of halogens is 1. The molecule has 0 aromatic heterocycles. The van der Waals surface area contributed by atoms with Crippen LogP contribution in [0.3, 0.4) is 0 Å². The van der Waals surface area contributed by atoms with E-state index in [1.54, 1.807) is 12.1 Å². The van der Waals surface area contributed by atoms with Crippen LogP contribution in [0.1, 0.15) is 19.4 Å². The summed E-state index contributed by atoms with van der Waals surface area (Å²) in [5, 5.41) is 3.56. The third-order valence-corrected chi connectivity index (χ3v) is 4.57. The molecule has 0 radical (unpaired) electrons. The van der Waals surface area contributed by atoms with Gasteiger partial charge in [-0.1, -0.05) is 17.7 Å². The summed E-state index contributed by atoms with van der Waals surface area (Å²) < 4.78 is 5.99. The Bertz CT molecular complexity index is 820. The van der Waals surface area contributed by atoms with Crippen molar-refractivity contribution >= 4 is 34.6 Å². The number of nitrogens with zero attached hydrogens (tertiary/aromatic N) is 1. The van der Waals surface area contributed by atoms with Crippen molar-refractivity contribution < 1.29 is 9.53 Å². The Morgan fingerprint density at radius 3 is 2.88 bits per heavy atom. The van der Waals surface area contributed by atoms with Crippen molar-refractivity contribution in [3.05, 3.63) is 47.0 Å². The van der Waals surface area contributed by atoms with Crippen molar-refractivity contribution in [2.45, 2.75) is 26.4 Å². The van der Waals surface area contributed by atoms with Gasteiger partial charge in [-0.25, -0.2) is 0 Å². The van der Waals surface area contributed by atoms with E-state index < -0.39 is 5.60 Å². The Kier molecular flexibility index (Phi) is 4.52. The molecule has 6 heteroatoms. The van der Waals surface area contributed by atoms with Crippen LogP contribution >= 0.6 is 11.6 Å². The third kappa shape index (κ3) is 3.82. The molecule has 0 atom stereocenters. The molecule has 0 aliphatic carbocycles. The van der Waals surface area contributed by atoms with Crippen LogP contribution in [0, 0.1) is 6.92 Å². The molecular weight excluding hydrogens is 338 g/mol. The fourth-order valence-electron chi connectivity index (χ4n) is 2.99. The smallest absolute Gasteiger partial charge is 0.243 e. The van der Waals surface area contributed by atoms with Gasteiger partial charge in [-0.15, -0.1) is 0 Å². The van der Waals surface area contributed by atoms with E-state index in [0.29, 0.717) is 17.3 Å². The zero-order chi connectivity index (χ0) is 18.2. The first kappa shape index (κ1) is 17.4. The van der Waals surface area contributed by atoms with Gasteiger partial charge < -0.3 is 20.7 Å². The van der Waals surface area contributed by atoms with E-state index in [1.165, 1.54) is 0 Å². The highest BCUT2D eigenvalue weighted by Gasteiger charge is 2.32. The molecule has 0 bridgehead atoms. The lowest BCUT2D eigenvalue weighted by atomic mass is 10.0. The second-order valence-corrected chi connectivity index (χ2v) is 7.31. The second kappa shape index (κ2) is 6.48. The molecule has 1 amide bonds. The van der Waals surface area contributed by atoms with Gasteiger partial charge in [0, 0.05) is 16.4 Å². The predicted octanol–water partition coefficient (Wildman–Crippen LogP) is 3.85. The van der Waals surface area contributed by atoms with Gasteiger partial charge >= 0.3 is 0 Å². The normalized spacial score (nSPS) is 15.3. The molecule has 0 spiro atoms. The molecule has 1 heterocycles. The first-order valence-corrected chi connectivity index (χ1v) is 8.51. The fourth-order valence-corrected chi connectivity index (χ4v) is 3.16. The van der Waals surface area contributed by atoms with E-state index in [2.05, 4.69) is 5.32 Å². The van der Waals surface area contributed by atoms with Gasteiger partial charge in [0.15, 0.2) is 0 Å². The number of amides is 1. The maximum Gasteiger partial charge on any atom is 0.243 e. The number of hydrogen-bond acceptors (Lipinski definition) is 4. The molecule has 2 aromatic carbocycles. The molecule has 0 saturated heterocycles. The zero-order valence-electron chi connectivity index (χ0n) is 14.6. The van der Waals surface area contributed by atoms with Crippen molar-refractivity contribution in [3.63, 3.8) is 0 Å². The van der Waals surface area contributed by atoms with Crippen molar-refractivity contribution in [2.24, 2.45) is 0 Å². The van der Waals surface area contributed by atoms with Gasteiger partial charge in [-0.05, 0) is 56.7 Å². The molecule has 0 fully saturated rings. The molecule has 132 valence electrons. The first-order valence-electron chi connectivity index (χ1n) is 8.14. The number of hydrogen-bond donors (Lipinski definition) is 2. The molecule has 1 aliphatic rings. The third-order valence-electron chi connectivity index (χ3n) is 4.16. The minimum atomic E-state index is -0.393. The maximum absolute atomic E-state index is 12.6. The van der Waals surface area contributed by atoms with Gasteiger partial charge in [0.2, 0.25) is 5.91 Å². The molecule has 2 aromatic rings. The van der Waals surface area contributed by atoms with Crippen LogP contribution in [0.15, 0.2) is 36.4 Å². The summed E-state index contributed by atoms with van der Waals surface area (Å²) in [7, 11) is 0. The Hall–Kier alpha value is -2.40. The highest BCUT2D eigenvalue weighted by molar-refractivity contribution is 6.31. The zero-order valence-corrected chi connectivity index (χ0v) is 15.4. The van der Waals surface area contributed by atoms with E-state index in [0.717, 1.165) is 22.7 Å². The summed E-state index contributed by atoms with van der Waals surface area (Å²) in [5.41, 5.74) is 8.55. The Morgan fingerprint density at radius 2 is 2.12 bits per heavy atom. The summed E-state index contributed by atoms with van der Waals surface area (Å²) in [6.45, 7) is 6.67. The number of nitrogens with two attached hydrogens (primary N) is 1. The maximum atomic E-state index is 12.6. The van der Waals surface area contributed by atoms with Gasteiger partial charge in [-0.3, -0.25) is 4.79 Å². The average Bonchev–Trinajstić information content (AvgIpc) is 2.52. The van der Waals surface area contributed by atoms with Crippen molar-refractivity contribution in [2.75, 3.05) is 29.0 Å². The first-order chi connectivity index (χ1) is 11.7. The lowest BCUT2D eigenvalue weighted by Crippen LogP contribution is -2.49. The van der Waals surface area contributed by atoms with E-state index in [-0.39, 0.29) is 12.5 Å². The van der Waals surface area contributed by atoms with Gasteiger partial charge in [0.1, 0.15) is 11.4 Å². The SMILES string of the molecule is Cc1c(Cl)cccc1NC(=O)CN1CC(C)(C)Oc2ccc(N)cc21. The standard InChI is InChI=1S/C19H22ClN3O2/c1-12-14(20)5-4-6-15(12)22-18(24)10-23-11-19(2,3)25-17-8-7-13(21)9-16(17)23/h4-9H,10-11,21H2,1-3H3,(H,22,24). The number of rotatable bonds is 3. The fraction of sp³-hybridized carbons (Fsp3) is 0.316. The number of nitrogen functional groups attached to an aromatic ring is 1. The monoisotopic (exact) mass is 359 g/mol. The summed E-state index contributed by atoms with van der Waals surface area (Å²) >= 11 is 6.12. The molecule has 0 saturated carbocycles. The van der Waals surface area contributed by atoms with Crippen LogP contribution < -0.4 is 20.7 Å². The number of nitrogens with one attached hydrogen (secondary N) is 1. The van der Waals surface area contributed by atoms with E-state index in [9.17, 15) is 4.79 Å².